The van der Waals surface area contributed by atoms with Crippen molar-refractivity contribution in [1.29, 1.82) is 0 Å². The van der Waals surface area contributed by atoms with Crippen molar-refractivity contribution >= 4 is 89.7 Å². The van der Waals surface area contributed by atoms with Gasteiger partial charge in [0, 0.05) is 13.6 Å². The van der Waals surface area contributed by atoms with E-state index in [1.165, 1.54) is 3.57 Å². The van der Waals surface area contributed by atoms with Gasteiger partial charge in [0.1, 0.15) is 12.4 Å². The van der Waals surface area contributed by atoms with Crippen molar-refractivity contribution in [3.63, 3.8) is 0 Å². The molecule has 0 saturated carbocycles. The molecular formula is C14H8BrI3O3. The van der Waals surface area contributed by atoms with Gasteiger partial charge in [-0.15, -0.1) is 0 Å². The number of benzene rings is 2. The van der Waals surface area contributed by atoms with Gasteiger partial charge in [0.15, 0.2) is 0 Å². The van der Waals surface area contributed by atoms with Crippen LogP contribution in [0.2, 0.25) is 0 Å². The quantitative estimate of drug-likeness (QED) is 0.431. The largest absolute Gasteiger partial charge is 0.487 e. The highest BCUT2D eigenvalue weighted by Gasteiger charge is 2.11. The Balaban J connectivity index is 2.19. The fourth-order valence-electron chi connectivity index (χ4n) is 1.61. The molecule has 0 aliphatic rings. The lowest BCUT2D eigenvalue weighted by molar-refractivity contribution is 0.0696. The first-order chi connectivity index (χ1) is 9.88. The Morgan fingerprint density at radius 2 is 1.76 bits per heavy atom. The lowest BCUT2D eigenvalue weighted by Crippen LogP contribution is -2.02. The molecule has 0 fully saturated rings. The Kier molecular flexibility index (Phi) is 6.56. The van der Waals surface area contributed by atoms with E-state index < -0.39 is 5.97 Å². The van der Waals surface area contributed by atoms with Gasteiger partial charge in [-0.1, -0.05) is 22.0 Å². The van der Waals surface area contributed by atoms with Crippen LogP contribution >= 0.6 is 83.7 Å². The summed E-state index contributed by atoms with van der Waals surface area (Å²) < 4.78 is 9.91. The molecule has 2 rings (SSSR count). The number of ether oxygens (including phenoxy) is 1. The molecule has 0 aliphatic carbocycles. The van der Waals surface area contributed by atoms with Crippen molar-refractivity contribution in [2.45, 2.75) is 6.61 Å². The molecule has 0 saturated heterocycles. The van der Waals surface area contributed by atoms with E-state index in [2.05, 4.69) is 95.8 Å². The summed E-state index contributed by atoms with van der Waals surface area (Å²) in [6.07, 6.45) is 0. The molecule has 3 nitrogen and oxygen atoms in total. The third-order valence-electron chi connectivity index (χ3n) is 2.64. The first-order valence-corrected chi connectivity index (χ1v) is 9.70. The standard InChI is InChI=1S/C14H8BrI3O3/c15-10-3-7(14(19)20)1-2-8(10)6-21-13-11(17)4-9(16)5-12(13)18/h1-5H,6H2,(H,19,20). The van der Waals surface area contributed by atoms with Crippen LogP contribution in [0.3, 0.4) is 0 Å². The summed E-state index contributed by atoms with van der Waals surface area (Å²) in [4.78, 5) is 10.9. The number of carbonyl (C=O) groups is 1. The highest BCUT2D eigenvalue weighted by molar-refractivity contribution is 14.1. The maximum Gasteiger partial charge on any atom is 0.335 e. The first-order valence-electron chi connectivity index (χ1n) is 5.67. The van der Waals surface area contributed by atoms with E-state index in [1.54, 1.807) is 18.2 Å². The summed E-state index contributed by atoms with van der Waals surface area (Å²) in [6.45, 7) is 0.382. The van der Waals surface area contributed by atoms with Gasteiger partial charge < -0.3 is 9.84 Å². The zero-order chi connectivity index (χ0) is 15.6. The van der Waals surface area contributed by atoms with E-state index in [0.717, 1.165) is 22.9 Å². The molecule has 0 radical (unpaired) electrons. The summed E-state index contributed by atoms with van der Waals surface area (Å²) in [5.41, 5.74) is 1.16. The van der Waals surface area contributed by atoms with E-state index in [0.29, 0.717) is 6.61 Å². The number of aromatic carboxylic acids is 1. The summed E-state index contributed by atoms with van der Waals surface area (Å²) in [5.74, 6) is -0.0873. The predicted octanol–water partition coefficient (Wildman–Crippen LogP) is 5.54. The minimum atomic E-state index is -0.940. The number of rotatable bonds is 4. The van der Waals surface area contributed by atoms with Gasteiger partial charge in [-0.2, -0.15) is 0 Å². The van der Waals surface area contributed by atoms with Gasteiger partial charge in [0.2, 0.25) is 0 Å². The number of hydrogen-bond donors (Lipinski definition) is 1. The molecule has 0 amide bonds. The van der Waals surface area contributed by atoms with Crippen molar-refractivity contribution in [3.8, 4) is 5.75 Å². The fourth-order valence-corrected chi connectivity index (χ4v) is 6.00. The monoisotopic (exact) mass is 684 g/mol. The molecule has 0 unspecified atom stereocenters. The highest BCUT2D eigenvalue weighted by Crippen LogP contribution is 2.31. The summed E-state index contributed by atoms with van der Waals surface area (Å²) in [6, 6.07) is 9.04. The Bertz CT molecular complexity index is 681. The van der Waals surface area contributed by atoms with Crippen LogP contribution in [0.5, 0.6) is 5.75 Å². The second-order valence-electron chi connectivity index (χ2n) is 4.10. The molecule has 2 aromatic carbocycles. The normalized spacial score (nSPS) is 10.5. The zero-order valence-electron chi connectivity index (χ0n) is 10.4. The molecule has 7 heteroatoms. The topological polar surface area (TPSA) is 46.5 Å². The second kappa shape index (κ2) is 7.77. The van der Waals surface area contributed by atoms with Gasteiger partial charge >= 0.3 is 5.97 Å². The van der Waals surface area contributed by atoms with Gasteiger partial charge in [-0.3, -0.25) is 0 Å². The van der Waals surface area contributed by atoms with E-state index in [-0.39, 0.29) is 5.56 Å². The van der Waals surface area contributed by atoms with Gasteiger partial charge in [-0.25, -0.2) is 4.79 Å². The van der Waals surface area contributed by atoms with Crippen molar-refractivity contribution in [1.82, 2.24) is 0 Å². The SMILES string of the molecule is O=C(O)c1ccc(COc2c(I)cc(I)cc2I)c(Br)c1. The Labute approximate surface area is 171 Å². The van der Waals surface area contributed by atoms with Crippen molar-refractivity contribution in [2.75, 3.05) is 0 Å². The summed E-state index contributed by atoms with van der Waals surface area (Å²) in [5, 5.41) is 8.95. The van der Waals surface area contributed by atoms with Crippen LogP contribution in [0.1, 0.15) is 15.9 Å². The highest BCUT2D eigenvalue weighted by atomic mass is 127. The molecule has 0 aromatic heterocycles. The Morgan fingerprint density at radius 1 is 1.14 bits per heavy atom. The molecule has 21 heavy (non-hydrogen) atoms. The van der Waals surface area contributed by atoms with Gasteiger partial charge in [-0.05, 0) is 92.0 Å². The number of carboxylic acids is 1. The van der Waals surface area contributed by atoms with Crippen LogP contribution in [0.4, 0.5) is 0 Å². The second-order valence-corrected chi connectivity index (χ2v) is 8.52. The summed E-state index contributed by atoms with van der Waals surface area (Å²) in [7, 11) is 0. The Morgan fingerprint density at radius 3 is 2.29 bits per heavy atom. The number of hydrogen-bond acceptors (Lipinski definition) is 2. The molecule has 0 heterocycles. The molecule has 0 bridgehead atoms. The van der Waals surface area contributed by atoms with Crippen LogP contribution in [0.15, 0.2) is 34.8 Å². The predicted molar refractivity (Wildman–Crippen MR) is 110 cm³/mol. The fraction of sp³-hybridized carbons (Fsp3) is 0.0714. The first kappa shape index (κ1) is 17.7. The minimum absolute atomic E-state index is 0.254. The maximum atomic E-state index is 10.9. The third kappa shape index (κ3) is 4.67. The van der Waals surface area contributed by atoms with Crippen LogP contribution in [-0.2, 0) is 6.61 Å². The number of carboxylic acid groups (broad SMARTS) is 1. The van der Waals surface area contributed by atoms with Crippen molar-refractivity contribution in [2.24, 2.45) is 0 Å². The lowest BCUT2D eigenvalue weighted by atomic mass is 10.1. The molecule has 0 atom stereocenters. The smallest absolute Gasteiger partial charge is 0.335 e. The van der Waals surface area contributed by atoms with Crippen LogP contribution in [0, 0.1) is 10.7 Å². The van der Waals surface area contributed by atoms with E-state index in [1.807, 2.05) is 0 Å². The van der Waals surface area contributed by atoms with Crippen LogP contribution in [0.25, 0.3) is 0 Å². The van der Waals surface area contributed by atoms with E-state index in [9.17, 15) is 4.79 Å². The molecule has 0 aliphatic heterocycles. The minimum Gasteiger partial charge on any atom is -0.487 e. The van der Waals surface area contributed by atoms with E-state index in [4.69, 9.17) is 9.84 Å². The average molecular weight is 685 g/mol. The van der Waals surface area contributed by atoms with Crippen molar-refractivity contribution < 1.29 is 14.6 Å². The molecule has 110 valence electrons. The van der Waals surface area contributed by atoms with E-state index >= 15 is 0 Å². The summed E-state index contributed by atoms with van der Waals surface area (Å²) >= 11 is 10.2. The number of halogens is 4. The van der Waals surface area contributed by atoms with Crippen LogP contribution in [-0.4, -0.2) is 11.1 Å². The van der Waals surface area contributed by atoms with Gasteiger partial charge in [0.05, 0.1) is 12.7 Å². The van der Waals surface area contributed by atoms with Crippen LogP contribution < -0.4 is 4.74 Å². The zero-order valence-corrected chi connectivity index (χ0v) is 18.4. The molecule has 2 aromatic rings. The Hall–Kier alpha value is 0.380. The van der Waals surface area contributed by atoms with Gasteiger partial charge in [0.25, 0.3) is 0 Å². The van der Waals surface area contributed by atoms with Crippen molar-refractivity contribution in [3.05, 3.63) is 56.6 Å². The third-order valence-corrected chi connectivity index (χ3v) is 5.60. The maximum absolute atomic E-state index is 10.9. The average Bonchev–Trinajstić information content (AvgIpc) is 2.38. The molecule has 0 spiro atoms. The lowest BCUT2D eigenvalue weighted by Gasteiger charge is -2.12. The molecule has 1 N–H and O–H groups in total. The molecular weight excluding hydrogens is 677 g/mol.